The third-order valence-electron chi connectivity index (χ3n) is 4.59. The highest BCUT2D eigenvalue weighted by atomic mass is 32.1. The summed E-state index contributed by atoms with van der Waals surface area (Å²) < 4.78 is 5.41. The molecule has 0 aromatic carbocycles. The third-order valence-corrected chi connectivity index (χ3v) is 5.53. The summed E-state index contributed by atoms with van der Waals surface area (Å²) >= 11 is 1.12. The summed E-state index contributed by atoms with van der Waals surface area (Å²) in [6, 6.07) is -0.232. The number of aromatic nitrogens is 1. The summed E-state index contributed by atoms with van der Waals surface area (Å²) in [7, 11) is 1.71. The predicted molar refractivity (Wildman–Crippen MR) is 107 cm³/mol. The van der Waals surface area contributed by atoms with Crippen LogP contribution in [0.3, 0.4) is 0 Å². The van der Waals surface area contributed by atoms with E-state index < -0.39 is 18.0 Å². The molecule has 154 valence electrons. The van der Waals surface area contributed by atoms with Crippen LogP contribution in [-0.4, -0.2) is 45.9 Å². The molecule has 0 spiro atoms. The molecule has 1 rings (SSSR count). The molecule has 3 unspecified atom stereocenters. The predicted octanol–water partition coefficient (Wildman–Crippen LogP) is 3.37. The second kappa shape index (κ2) is 10.8. The molecule has 28 heavy (non-hydrogen) atoms. The summed E-state index contributed by atoms with van der Waals surface area (Å²) in [6.45, 7) is 7.18. The van der Waals surface area contributed by atoms with Crippen LogP contribution in [0.4, 0.5) is 0 Å². The molecule has 0 aliphatic heterocycles. The standard InChI is InChI=1S/C20H28N2O5S/c1-7-14(8-2)9-18(24)22(6)16(12(3)4)10-17(27-13(5)23)19-21-15(11-28-19)20(25)26/h1,11-12,14,16-17H,8-10H2,2-6H3,(H,25,26). The Kier molecular flexibility index (Phi) is 9.13. The van der Waals surface area contributed by atoms with Gasteiger partial charge in [-0.15, -0.1) is 23.7 Å². The van der Waals surface area contributed by atoms with Crippen LogP contribution in [0.2, 0.25) is 0 Å². The Bertz CT molecular complexity index is 737. The molecule has 1 N–H and O–H groups in total. The lowest BCUT2D eigenvalue weighted by atomic mass is 9.95. The van der Waals surface area contributed by atoms with E-state index in [1.54, 1.807) is 11.9 Å². The number of esters is 1. The molecule has 7 nitrogen and oxygen atoms in total. The first-order valence-corrected chi connectivity index (χ1v) is 10.1. The largest absolute Gasteiger partial charge is 0.476 e. The summed E-state index contributed by atoms with van der Waals surface area (Å²) in [5, 5.41) is 10.9. The molecule has 1 aromatic heterocycles. The summed E-state index contributed by atoms with van der Waals surface area (Å²) in [4.78, 5) is 41.1. The molecule has 0 saturated heterocycles. The number of carbonyl (C=O) groups excluding carboxylic acids is 2. The van der Waals surface area contributed by atoms with Crippen LogP contribution in [0.25, 0.3) is 0 Å². The number of hydrogen-bond acceptors (Lipinski definition) is 6. The highest BCUT2D eigenvalue weighted by molar-refractivity contribution is 7.09. The molecule has 0 aliphatic rings. The Morgan fingerprint density at radius 3 is 2.46 bits per heavy atom. The quantitative estimate of drug-likeness (QED) is 0.471. The van der Waals surface area contributed by atoms with Crippen molar-refractivity contribution in [2.45, 2.75) is 59.1 Å². The molecule has 1 amide bonds. The molecular formula is C20H28N2O5S. The second-order valence-corrected chi connectivity index (χ2v) is 7.89. The maximum atomic E-state index is 12.7. The van der Waals surface area contributed by atoms with Gasteiger partial charge in [-0.3, -0.25) is 9.59 Å². The number of amides is 1. The number of carbonyl (C=O) groups is 3. The fraction of sp³-hybridized carbons (Fsp3) is 0.600. The monoisotopic (exact) mass is 408 g/mol. The van der Waals surface area contributed by atoms with Crippen molar-refractivity contribution in [2.24, 2.45) is 11.8 Å². The smallest absolute Gasteiger partial charge is 0.355 e. The number of rotatable bonds is 10. The first-order valence-electron chi connectivity index (χ1n) is 9.18. The molecular weight excluding hydrogens is 380 g/mol. The Morgan fingerprint density at radius 1 is 1.39 bits per heavy atom. The van der Waals surface area contributed by atoms with Gasteiger partial charge < -0.3 is 14.7 Å². The third kappa shape index (κ3) is 6.64. The maximum absolute atomic E-state index is 12.7. The van der Waals surface area contributed by atoms with Gasteiger partial charge in [-0.25, -0.2) is 9.78 Å². The van der Waals surface area contributed by atoms with Crippen molar-refractivity contribution < 1.29 is 24.2 Å². The average molecular weight is 409 g/mol. The SMILES string of the molecule is C#CC(CC)CC(=O)N(C)C(CC(OC(C)=O)c1nc(C(=O)O)cs1)C(C)C. The van der Waals surface area contributed by atoms with Gasteiger partial charge in [0.05, 0.1) is 0 Å². The molecule has 1 aromatic rings. The minimum absolute atomic E-state index is 0.0737. The van der Waals surface area contributed by atoms with E-state index >= 15 is 0 Å². The van der Waals surface area contributed by atoms with E-state index in [2.05, 4.69) is 10.9 Å². The summed E-state index contributed by atoms with van der Waals surface area (Å²) in [5.41, 5.74) is -0.0949. The molecule has 0 aliphatic carbocycles. The van der Waals surface area contributed by atoms with Crippen molar-refractivity contribution in [2.75, 3.05) is 7.05 Å². The fourth-order valence-electron chi connectivity index (χ4n) is 2.89. The lowest BCUT2D eigenvalue weighted by molar-refractivity contribution is -0.148. The van der Waals surface area contributed by atoms with E-state index in [4.69, 9.17) is 16.3 Å². The van der Waals surface area contributed by atoms with Crippen LogP contribution in [0.1, 0.15) is 68.6 Å². The number of terminal acetylenes is 1. The first-order chi connectivity index (χ1) is 13.1. The van der Waals surface area contributed by atoms with Gasteiger partial charge in [0.1, 0.15) is 5.01 Å². The van der Waals surface area contributed by atoms with E-state index in [1.165, 1.54) is 12.3 Å². The highest BCUT2D eigenvalue weighted by Gasteiger charge is 2.31. The Morgan fingerprint density at radius 2 is 2.04 bits per heavy atom. The summed E-state index contributed by atoms with van der Waals surface area (Å²) in [5.74, 6) is 0.881. The molecule has 0 bridgehead atoms. The fourth-order valence-corrected chi connectivity index (χ4v) is 3.72. The van der Waals surface area contributed by atoms with Crippen LogP contribution in [0.15, 0.2) is 5.38 Å². The topological polar surface area (TPSA) is 96.8 Å². The van der Waals surface area contributed by atoms with Gasteiger partial charge in [-0.1, -0.05) is 20.8 Å². The van der Waals surface area contributed by atoms with Crippen LogP contribution in [0, 0.1) is 24.2 Å². The zero-order chi connectivity index (χ0) is 21.4. The number of carboxylic acid groups (broad SMARTS) is 1. The van der Waals surface area contributed by atoms with E-state index in [-0.39, 0.29) is 35.9 Å². The highest BCUT2D eigenvalue weighted by Crippen LogP contribution is 2.30. The minimum atomic E-state index is -1.14. The van der Waals surface area contributed by atoms with Gasteiger partial charge in [0.2, 0.25) is 5.91 Å². The van der Waals surface area contributed by atoms with Crippen LogP contribution in [-0.2, 0) is 14.3 Å². The van der Waals surface area contributed by atoms with Crippen molar-refractivity contribution in [3.8, 4) is 12.3 Å². The lowest BCUT2D eigenvalue weighted by Crippen LogP contribution is -2.42. The number of carboxylic acids is 1. The molecule has 1 heterocycles. The Balaban J connectivity index is 3.05. The number of ether oxygens (including phenoxy) is 1. The molecule has 0 fully saturated rings. The molecule has 0 radical (unpaired) electrons. The minimum Gasteiger partial charge on any atom is -0.476 e. The van der Waals surface area contributed by atoms with Crippen molar-refractivity contribution in [3.63, 3.8) is 0 Å². The number of hydrogen-bond donors (Lipinski definition) is 1. The lowest BCUT2D eigenvalue weighted by Gasteiger charge is -2.34. The number of nitrogens with zero attached hydrogens (tertiary/aromatic N) is 2. The van der Waals surface area contributed by atoms with E-state index in [9.17, 15) is 14.4 Å². The van der Waals surface area contributed by atoms with Crippen LogP contribution >= 0.6 is 11.3 Å². The average Bonchev–Trinajstić information content (AvgIpc) is 3.12. The first kappa shape index (κ1) is 23.6. The maximum Gasteiger partial charge on any atom is 0.355 e. The molecule has 0 saturated carbocycles. The van der Waals surface area contributed by atoms with Gasteiger partial charge in [0.15, 0.2) is 11.8 Å². The number of aromatic carboxylic acids is 1. The zero-order valence-corrected chi connectivity index (χ0v) is 17.8. The van der Waals surface area contributed by atoms with E-state index in [0.717, 1.165) is 17.8 Å². The van der Waals surface area contributed by atoms with Gasteiger partial charge >= 0.3 is 11.9 Å². The zero-order valence-electron chi connectivity index (χ0n) is 17.0. The normalized spacial score (nSPS) is 14.0. The van der Waals surface area contributed by atoms with Crippen molar-refractivity contribution >= 4 is 29.2 Å². The van der Waals surface area contributed by atoms with Crippen LogP contribution in [0.5, 0.6) is 0 Å². The van der Waals surface area contributed by atoms with Crippen molar-refractivity contribution in [3.05, 3.63) is 16.1 Å². The second-order valence-electron chi connectivity index (χ2n) is 7.00. The van der Waals surface area contributed by atoms with Gasteiger partial charge in [0, 0.05) is 44.2 Å². The van der Waals surface area contributed by atoms with Gasteiger partial charge in [0.25, 0.3) is 0 Å². The van der Waals surface area contributed by atoms with Crippen molar-refractivity contribution in [1.82, 2.24) is 9.88 Å². The van der Waals surface area contributed by atoms with Crippen molar-refractivity contribution in [1.29, 1.82) is 0 Å². The Hall–Kier alpha value is -2.40. The van der Waals surface area contributed by atoms with E-state index in [1.807, 2.05) is 20.8 Å². The Labute approximate surface area is 170 Å². The van der Waals surface area contributed by atoms with E-state index in [0.29, 0.717) is 11.4 Å². The summed E-state index contributed by atoms with van der Waals surface area (Å²) in [6.07, 6.45) is 6.04. The van der Waals surface area contributed by atoms with Gasteiger partial charge in [-0.05, 0) is 12.3 Å². The molecule has 3 atom stereocenters. The van der Waals surface area contributed by atoms with Crippen LogP contribution < -0.4 is 0 Å². The van der Waals surface area contributed by atoms with Gasteiger partial charge in [-0.2, -0.15) is 0 Å². The molecule has 8 heteroatoms. The number of thiazole rings is 1.